The second kappa shape index (κ2) is 8.23. The molecule has 0 amide bonds. The first-order chi connectivity index (χ1) is 13.1. The van der Waals surface area contributed by atoms with Crippen LogP contribution in [0.15, 0.2) is 30.6 Å². The van der Waals surface area contributed by atoms with Crippen LogP contribution in [0.2, 0.25) is 0 Å². The molecule has 0 saturated carbocycles. The summed E-state index contributed by atoms with van der Waals surface area (Å²) in [5, 5.41) is 7.65. The van der Waals surface area contributed by atoms with Crippen molar-refractivity contribution >= 4 is 5.65 Å². The van der Waals surface area contributed by atoms with Crippen LogP contribution in [0, 0.1) is 5.82 Å². The molecule has 0 bridgehead atoms. The third-order valence-electron chi connectivity index (χ3n) is 3.73. The molecular weight excluding hydrogens is 406 g/mol. The number of alkyl halides is 4. The Morgan fingerprint density at radius 3 is 2.45 bits per heavy atom. The van der Waals surface area contributed by atoms with Crippen molar-refractivity contribution in [3.8, 4) is 17.0 Å². The summed E-state index contributed by atoms with van der Waals surface area (Å²) in [4.78, 5) is 3.59. The molecule has 0 saturated heterocycles. The SMILES string of the molecule is CCOC(C)(F)c1nnc2ccc(-c3cnc(OCC(F)(F)F)c(F)c3)cn12.F. The summed E-state index contributed by atoms with van der Waals surface area (Å²) in [7, 11) is 0. The molecule has 0 aromatic carbocycles. The molecule has 3 rings (SSSR count). The molecule has 3 heterocycles. The van der Waals surface area contributed by atoms with Gasteiger partial charge in [-0.05, 0) is 25.1 Å². The van der Waals surface area contributed by atoms with Gasteiger partial charge in [-0.2, -0.15) is 13.2 Å². The zero-order chi connectivity index (χ0) is 20.5. The lowest BCUT2D eigenvalue weighted by atomic mass is 10.1. The van der Waals surface area contributed by atoms with Crippen LogP contribution in [0.4, 0.5) is 26.7 Å². The fraction of sp³-hybridized carbons (Fsp3) is 0.353. The zero-order valence-electron chi connectivity index (χ0n) is 15.2. The molecule has 0 aliphatic carbocycles. The van der Waals surface area contributed by atoms with Crippen LogP contribution in [0.1, 0.15) is 19.7 Å². The topological polar surface area (TPSA) is 61.5 Å². The first kappa shape index (κ1) is 22.4. The van der Waals surface area contributed by atoms with E-state index in [-0.39, 0.29) is 22.7 Å². The summed E-state index contributed by atoms with van der Waals surface area (Å²) in [5.74, 6) is -4.13. The van der Waals surface area contributed by atoms with Gasteiger partial charge in [0, 0.05) is 37.1 Å². The molecule has 6 nitrogen and oxygen atoms in total. The first-order valence-electron chi connectivity index (χ1n) is 8.14. The molecule has 1 unspecified atom stereocenters. The number of hydrogen-bond acceptors (Lipinski definition) is 5. The van der Waals surface area contributed by atoms with Crippen LogP contribution >= 0.6 is 0 Å². The van der Waals surface area contributed by atoms with Gasteiger partial charge in [0.2, 0.25) is 5.82 Å². The number of pyridine rings is 2. The van der Waals surface area contributed by atoms with E-state index in [0.717, 1.165) is 12.3 Å². The van der Waals surface area contributed by atoms with E-state index in [1.807, 2.05) is 0 Å². The number of hydrogen-bond donors (Lipinski definition) is 0. The Balaban J connectivity index is 0.00000300. The maximum absolute atomic E-state index is 14.7. The Bertz CT molecular complexity index is 990. The smallest absolute Gasteiger partial charge is 0.422 e. The molecule has 0 aliphatic rings. The highest BCUT2D eigenvalue weighted by Gasteiger charge is 2.32. The summed E-state index contributed by atoms with van der Waals surface area (Å²) >= 11 is 0. The number of nitrogens with zero attached hydrogens (tertiary/aromatic N) is 4. The quantitative estimate of drug-likeness (QED) is 0.558. The lowest BCUT2D eigenvalue weighted by molar-refractivity contribution is -0.154. The van der Waals surface area contributed by atoms with Gasteiger partial charge in [-0.3, -0.25) is 9.11 Å². The standard InChI is InChI=1S/C17H15F5N4O2.FH/c1-3-28-16(2,19)15-25-24-13-5-4-10(8-26(13)15)11-6-12(18)14(23-7-11)27-9-17(20,21)22;/h4-8H,3,9H2,1-2H3;1H. The molecule has 1 atom stereocenters. The number of ether oxygens (including phenoxy) is 2. The molecule has 158 valence electrons. The van der Waals surface area contributed by atoms with Gasteiger partial charge in [-0.15, -0.1) is 10.2 Å². The summed E-state index contributed by atoms with van der Waals surface area (Å²) in [6.45, 7) is 1.27. The van der Waals surface area contributed by atoms with Crippen molar-refractivity contribution in [2.24, 2.45) is 0 Å². The molecule has 0 spiro atoms. The Hall–Kier alpha value is -2.89. The molecular formula is C17H16F6N4O2. The Kier molecular flexibility index (Phi) is 6.36. The van der Waals surface area contributed by atoms with Crippen LogP contribution < -0.4 is 4.74 Å². The average molecular weight is 422 g/mol. The van der Waals surface area contributed by atoms with Gasteiger partial charge in [-0.1, -0.05) is 0 Å². The second-order valence-corrected chi connectivity index (χ2v) is 5.93. The van der Waals surface area contributed by atoms with E-state index < -0.39 is 30.3 Å². The minimum atomic E-state index is -4.61. The van der Waals surface area contributed by atoms with E-state index in [4.69, 9.17) is 4.74 Å². The molecule has 0 radical (unpaired) electrons. The maximum atomic E-state index is 14.7. The minimum absolute atomic E-state index is 0. The van der Waals surface area contributed by atoms with Gasteiger partial charge in [0.1, 0.15) is 0 Å². The van der Waals surface area contributed by atoms with Crippen molar-refractivity contribution in [3.05, 3.63) is 42.2 Å². The maximum Gasteiger partial charge on any atom is 0.422 e. The van der Waals surface area contributed by atoms with Crippen molar-refractivity contribution in [3.63, 3.8) is 0 Å². The summed E-state index contributed by atoms with van der Waals surface area (Å²) in [6, 6.07) is 4.07. The Morgan fingerprint density at radius 2 is 1.83 bits per heavy atom. The average Bonchev–Trinajstić information content (AvgIpc) is 3.04. The number of halogens is 6. The van der Waals surface area contributed by atoms with Gasteiger partial charge in [-0.25, -0.2) is 13.8 Å². The highest BCUT2D eigenvalue weighted by atomic mass is 19.4. The largest absolute Gasteiger partial charge is 0.466 e. The molecule has 0 N–H and O–H groups in total. The van der Waals surface area contributed by atoms with E-state index in [1.54, 1.807) is 13.0 Å². The van der Waals surface area contributed by atoms with Gasteiger partial charge in [0.05, 0.1) is 0 Å². The summed E-state index contributed by atoms with van der Waals surface area (Å²) < 4.78 is 76.1. The van der Waals surface area contributed by atoms with Crippen molar-refractivity contribution in [1.82, 2.24) is 19.6 Å². The predicted octanol–water partition coefficient (Wildman–Crippen LogP) is 4.20. The summed E-state index contributed by atoms with van der Waals surface area (Å²) in [6.07, 6.45) is -2.01. The van der Waals surface area contributed by atoms with E-state index >= 15 is 0 Å². The van der Waals surface area contributed by atoms with Crippen LogP contribution in [-0.2, 0) is 10.6 Å². The van der Waals surface area contributed by atoms with E-state index in [0.29, 0.717) is 11.2 Å². The van der Waals surface area contributed by atoms with Crippen molar-refractivity contribution in [2.45, 2.75) is 25.9 Å². The van der Waals surface area contributed by atoms with Gasteiger partial charge in [0.25, 0.3) is 11.7 Å². The van der Waals surface area contributed by atoms with Gasteiger partial charge < -0.3 is 9.47 Å². The monoisotopic (exact) mass is 422 g/mol. The number of aromatic nitrogens is 4. The minimum Gasteiger partial charge on any atom is -0.466 e. The molecule has 0 aliphatic heterocycles. The van der Waals surface area contributed by atoms with Crippen LogP contribution in [0.3, 0.4) is 0 Å². The van der Waals surface area contributed by atoms with Crippen LogP contribution in [0.25, 0.3) is 16.8 Å². The fourth-order valence-corrected chi connectivity index (χ4v) is 2.54. The van der Waals surface area contributed by atoms with E-state index in [1.165, 1.54) is 23.6 Å². The number of fused-ring (bicyclic) bond motifs is 1. The van der Waals surface area contributed by atoms with E-state index in [2.05, 4.69) is 19.9 Å². The molecule has 12 heteroatoms. The highest BCUT2D eigenvalue weighted by molar-refractivity contribution is 5.64. The first-order valence-corrected chi connectivity index (χ1v) is 8.14. The second-order valence-electron chi connectivity index (χ2n) is 5.93. The van der Waals surface area contributed by atoms with Gasteiger partial charge >= 0.3 is 6.18 Å². The Labute approximate surface area is 160 Å². The van der Waals surface area contributed by atoms with Crippen LogP contribution in [-0.4, -0.2) is 39.0 Å². The summed E-state index contributed by atoms with van der Waals surface area (Å²) in [5.41, 5.74) is 0.992. The van der Waals surface area contributed by atoms with Gasteiger partial charge in [0.15, 0.2) is 18.1 Å². The molecule has 0 fully saturated rings. The fourth-order valence-electron chi connectivity index (χ4n) is 2.54. The molecule has 3 aromatic heterocycles. The molecule has 29 heavy (non-hydrogen) atoms. The zero-order valence-corrected chi connectivity index (χ0v) is 15.2. The lowest BCUT2D eigenvalue weighted by Crippen LogP contribution is -2.23. The van der Waals surface area contributed by atoms with Crippen molar-refractivity contribution in [2.75, 3.05) is 13.2 Å². The molecule has 3 aromatic rings. The van der Waals surface area contributed by atoms with Crippen molar-refractivity contribution in [1.29, 1.82) is 0 Å². The normalized spacial score (nSPS) is 13.8. The van der Waals surface area contributed by atoms with Crippen molar-refractivity contribution < 1.29 is 36.1 Å². The third-order valence-corrected chi connectivity index (χ3v) is 3.73. The third kappa shape index (κ3) is 4.94. The Morgan fingerprint density at radius 1 is 1.10 bits per heavy atom. The van der Waals surface area contributed by atoms with E-state index in [9.17, 15) is 22.0 Å². The number of rotatable bonds is 6. The predicted molar refractivity (Wildman–Crippen MR) is 90.3 cm³/mol. The lowest BCUT2D eigenvalue weighted by Gasteiger charge is -2.18. The highest BCUT2D eigenvalue weighted by Crippen LogP contribution is 2.29. The van der Waals surface area contributed by atoms with Crippen LogP contribution in [0.5, 0.6) is 5.88 Å².